The van der Waals surface area contributed by atoms with E-state index in [4.69, 9.17) is 0 Å². The Morgan fingerprint density at radius 3 is 2.88 bits per heavy atom. The van der Waals surface area contributed by atoms with Crippen LogP contribution in [0.2, 0.25) is 0 Å². The first kappa shape index (κ1) is 17.4. The van der Waals surface area contributed by atoms with E-state index in [0.717, 1.165) is 37.8 Å². The van der Waals surface area contributed by atoms with Gasteiger partial charge in [0.25, 0.3) is 0 Å². The number of nitrogens with one attached hydrogen (secondary N) is 1. The van der Waals surface area contributed by atoms with Crippen LogP contribution >= 0.6 is 0 Å². The minimum atomic E-state index is -0.321. The summed E-state index contributed by atoms with van der Waals surface area (Å²) in [5.41, 5.74) is 5.23. The molecule has 1 aliphatic rings. The third kappa shape index (κ3) is 4.80. The van der Waals surface area contributed by atoms with Gasteiger partial charge < -0.3 is 10.1 Å². The average Bonchev–Trinajstić information content (AvgIpc) is 3.06. The Morgan fingerprint density at radius 1 is 1.24 bits per heavy atom. The molecule has 0 aromatic heterocycles. The van der Waals surface area contributed by atoms with Crippen LogP contribution in [0, 0.1) is 0 Å². The van der Waals surface area contributed by atoms with Gasteiger partial charge in [-0.3, -0.25) is 0 Å². The van der Waals surface area contributed by atoms with Crippen molar-refractivity contribution >= 4 is 12.0 Å². The minimum absolute atomic E-state index is 0.321. The Morgan fingerprint density at radius 2 is 2.08 bits per heavy atom. The molecule has 2 aromatic carbocycles. The van der Waals surface area contributed by atoms with Gasteiger partial charge in [-0.1, -0.05) is 48.5 Å². The third-order valence-corrected chi connectivity index (χ3v) is 4.73. The van der Waals surface area contributed by atoms with E-state index in [1.54, 1.807) is 0 Å². The first-order valence-electron chi connectivity index (χ1n) is 8.92. The van der Waals surface area contributed by atoms with Crippen molar-refractivity contribution in [3.63, 3.8) is 0 Å². The molecule has 3 rings (SSSR count). The second-order valence-electron chi connectivity index (χ2n) is 6.45. The van der Waals surface area contributed by atoms with Crippen LogP contribution < -0.4 is 5.32 Å². The highest BCUT2D eigenvalue weighted by Gasteiger charge is 2.21. The first-order valence-corrected chi connectivity index (χ1v) is 8.92. The molecule has 0 aliphatic heterocycles. The lowest BCUT2D eigenvalue weighted by Crippen LogP contribution is -2.20. The SMILES string of the molecule is COC(=O)C=Cc1ccc2c(c1)CCC2NCCCc1ccccc1. The molecule has 0 amide bonds. The summed E-state index contributed by atoms with van der Waals surface area (Å²) in [4.78, 5) is 11.2. The molecule has 0 fully saturated rings. The molecule has 1 aliphatic carbocycles. The zero-order valence-electron chi connectivity index (χ0n) is 14.7. The summed E-state index contributed by atoms with van der Waals surface area (Å²) in [5, 5.41) is 3.69. The number of benzene rings is 2. The fourth-order valence-corrected chi connectivity index (χ4v) is 3.40. The third-order valence-electron chi connectivity index (χ3n) is 4.73. The molecule has 0 saturated carbocycles. The Bertz CT molecular complexity index is 737. The number of carbonyl (C=O) groups is 1. The molecule has 0 heterocycles. The maximum Gasteiger partial charge on any atom is 0.330 e. The molecular weight excluding hydrogens is 310 g/mol. The Kier molecular flexibility index (Phi) is 6.02. The number of ether oxygens (including phenoxy) is 1. The number of aryl methyl sites for hydroxylation is 2. The van der Waals surface area contributed by atoms with Crippen LogP contribution in [0.4, 0.5) is 0 Å². The summed E-state index contributed by atoms with van der Waals surface area (Å²) in [6.07, 6.45) is 7.78. The van der Waals surface area contributed by atoms with E-state index in [-0.39, 0.29) is 5.97 Å². The van der Waals surface area contributed by atoms with Crippen LogP contribution in [0.25, 0.3) is 6.08 Å². The number of rotatable bonds is 7. The van der Waals surface area contributed by atoms with E-state index in [2.05, 4.69) is 58.6 Å². The molecule has 1 unspecified atom stereocenters. The number of esters is 1. The molecule has 0 spiro atoms. The van der Waals surface area contributed by atoms with Gasteiger partial charge in [0.2, 0.25) is 0 Å². The largest absolute Gasteiger partial charge is 0.466 e. The standard InChI is InChI=1S/C22H25NO2/c1-25-22(24)14-10-18-9-12-20-19(16-18)11-13-21(20)23-15-5-8-17-6-3-2-4-7-17/h2-4,6-7,9-10,12,14,16,21,23H,5,8,11,13,15H2,1H3. The van der Waals surface area contributed by atoms with Gasteiger partial charge in [-0.05, 0) is 60.6 Å². The van der Waals surface area contributed by atoms with Crippen LogP contribution in [-0.4, -0.2) is 19.6 Å². The Hall–Kier alpha value is -2.39. The molecule has 0 bridgehead atoms. The van der Waals surface area contributed by atoms with Crippen molar-refractivity contribution in [2.45, 2.75) is 31.7 Å². The molecule has 3 nitrogen and oxygen atoms in total. The van der Waals surface area contributed by atoms with E-state index < -0.39 is 0 Å². The van der Waals surface area contributed by atoms with E-state index >= 15 is 0 Å². The number of carbonyl (C=O) groups excluding carboxylic acids is 1. The van der Waals surface area contributed by atoms with Crippen LogP contribution in [-0.2, 0) is 22.4 Å². The molecule has 130 valence electrons. The van der Waals surface area contributed by atoms with Crippen LogP contribution in [0.3, 0.4) is 0 Å². The smallest absolute Gasteiger partial charge is 0.330 e. The highest BCUT2D eigenvalue weighted by atomic mass is 16.5. The zero-order valence-corrected chi connectivity index (χ0v) is 14.7. The van der Waals surface area contributed by atoms with Gasteiger partial charge in [-0.25, -0.2) is 4.79 Å². The lowest BCUT2D eigenvalue weighted by atomic mass is 10.0. The molecule has 2 aromatic rings. The molecule has 25 heavy (non-hydrogen) atoms. The maximum absolute atomic E-state index is 11.2. The van der Waals surface area contributed by atoms with Gasteiger partial charge in [-0.15, -0.1) is 0 Å². The molecule has 3 heteroatoms. The fraction of sp³-hybridized carbons (Fsp3) is 0.318. The van der Waals surface area contributed by atoms with Crippen molar-refractivity contribution in [3.8, 4) is 0 Å². The van der Waals surface area contributed by atoms with Crippen LogP contribution in [0.15, 0.2) is 54.6 Å². The van der Waals surface area contributed by atoms with Crippen molar-refractivity contribution in [1.82, 2.24) is 5.32 Å². The van der Waals surface area contributed by atoms with Gasteiger partial charge in [0, 0.05) is 12.1 Å². The fourth-order valence-electron chi connectivity index (χ4n) is 3.40. The summed E-state index contributed by atoms with van der Waals surface area (Å²) < 4.78 is 4.63. The molecule has 1 atom stereocenters. The lowest BCUT2D eigenvalue weighted by molar-refractivity contribution is -0.134. The van der Waals surface area contributed by atoms with E-state index in [0.29, 0.717) is 6.04 Å². The van der Waals surface area contributed by atoms with Crippen molar-refractivity contribution in [2.24, 2.45) is 0 Å². The summed E-state index contributed by atoms with van der Waals surface area (Å²) in [7, 11) is 1.39. The second kappa shape index (κ2) is 8.63. The van der Waals surface area contributed by atoms with Gasteiger partial charge in [0.15, 0.2) is 0 Å². The Labute approximate surface area is 149 Å². The van der Waals surface area contributed by atoms with Gasteiger partial charge in [0.05, 0.1) is 7.11 Å². The highest BCUT2D eigenvalue weighted by Crippen LogP contribution is 2.32. The normalized spacial score (nSPS) is 16.1. The highest BCUT2D eigenvalue weighted by molar-refractivity contribution is 5.86. The quantitative estimate of drug-likeness (QED) is 0.471. The molecule has 1 N–H and O–H groups in total. The van der Waals surface area contributed by atoms with Gasteiger partial charge >= 0.3 is 5.97 Å². The number of hydrogen-bond donors (Lipinski definition) is 1. The van der Waals surface area contributed by atoms with Crippen molar-refractivity contribution in [1.29, 1.82) is 0 Å². The summed E-state index contributed by atoms with van der Waals surface area (Å²) in [6, 6.07) is 17.5. The summed E-state index contributed by atoms with van der Waals surface area (Å²) >= 11 is 0. The van der Waals surface area contributed by atoms with Crippen LogP contribution in [0.5, 0.6) is 0 Å². The van der Waals surface area contributed by atoms with Crippen molar-refractivity contribution in [3.05, 3.63) is 76.9 Å². The summed E-state index contributed by atoms with van der Waals surface area (Å²) in [5.74, 6) is -0.321. The average molecular weight is 335 g/mol. The van der Waals surface area contributed by atoms with Gasteiger partial charge in [0.1, 0.15) is 0 Å². The predicted molar refractivity (Wildman–Crippen MR) is 101 cm³/mol. The molecular formula is C22H25NO2. The number of methoxy groups -OCH3 is 1. The van der Waals surface area contributed by atoms with Crippen molar-refractivity contribution in [2.75, 3.05) is 13.7 Å². The molecule has 0 radical (unpaired) electrons. The maximum atomic E-state index is 11.2. The first-order chi connectivity index (χ1) is 12.3. The van der Waals surface area contributed by atoms with E-state index in [1.165, 1.54) is 29.9 Å². The topological polar surface area (TPSA) is 38.3 Å². The molecule has 0 saturated heterocycles. The van der Waals surface area contributed by atoms with Crippen LogP contribution in [0.1, 0.15) is 41.1 Å². The predicted octanol–water partition coefficient (Wildman–Crippen LogP) is 4.08. The zero-order chi connectivity index (χ0) is 17.5. The second-order valence-corrected chi connectivity index (χ2v) is 6.45. The minimum Gasteiger partial charge on any atom is -0.466 e. The number of hydrogen-bond acceptors (Lipinski definition) is 3. The number of fused-ring (bicyclic) bond motifs is 1. The summed E-state index contributed by atoms with van der Waals surface area (Å²) in [6.45, 7) is 1.03. The lowest BCUT2D eigenvalue weighted by Gasteiger charge is -2.14. The monoisotopic (exact) mass is 335 g/mol. The van der Waals surface area contributed by atoms with E-state index in [9.17, 15) is 4.79 Å². The van der Waals surface area contributed by atoms with E-state index in [1.807, 2.05) is 6.08 Å². The van der Waals surface area contributed by atoms with Crippen molar-refractivity contribution < 1.29 is 9.53 Å². The van der Waals surface area contributed by atoms with Gasteiger partial charge in [-0.2, -0.15) is 0 Å². The Balaban J connectivity index is 1.51.